The van der Waals surface area contributed by atoms with Crippen molar-refractivity contribution < 1.29 is 14.7 Å². The topological polar surface area (TPSA) is 83.6 Å². The molecule has 1 unspecified atom stereocenters. The number of hydrogen-bond acceptors (Lipinski definition) is 4. The number of hydrogen-bond donors (Lipinski definition) is 2. The van der Waals surface area contributed by atoms with Crippen molar-refractivity contribution in [1.29, 1.82) is 0 Å². The molecule has 1 atom stereocenters. The Morgan fingerprint density at radius 3 is 2.74 bits per heavy atom. The molecule has 1 saturated heterocycles. The lowest BCUT2D eigenvalue weighted by Crippen LogP contribution is -2.40. The van der Waals surface area contributed by atoms with Gasteiger partial charge in [-0.25, -0.2) is 0 Å². The van der Waals surface area contributed by atoms with Gasteiger partial charge in [-0.05, 0) is 24.3 Å². The predicted octanol–water partition coefficient (Wildman–Crippen LogP) is 1.44. The third-order valence-corrected chi connectivity index (χ3v) is 4.23. The van der Waals surface area contributed by atoms with Gasteiger partial charge in [-0.2, -0.15) is 11.8 Å². The summed E-state index contributed by atoms with van der Waals surface area (Å²) in [7, 11) is 0. The second-order valence-corrected chi connectivity index (χ2v) is 5.59. The van der Waals surface area contributed by atoms with E-state index >= 15 is 0 Å². The van der Waals surface area contributed by atoms with E-state index in [4.69, 9.17) is 10.8 Å². The van der Waals surface area contributed by atoms with Crippen molar-refractivity contribution in [3.63, 3.8) is 0 Å². The number of anilines is 2. The molecule has 0 radical (unpaired) electrons. The molecule has 5 nitrogen and oxygen atoms in total. The number of carbonyl (C=O) groups excluding carboxylic acids is 1. The van der Waals surface area contributed by atoms with Gasteiger partial charge in [-0.3, -0.25) is 14.5 Å². The highest BCUT2D eigenvalue weighted by Crippen LogP contribution is 2.29. The maximum atomic E-state index is 12.4. The van der Waals surface area contributed by atoms with Gasteiger partial charge in [0.15, 0.2) is 0 Å². The van der Waals surface area contributed by atoms with Crippen molar-refractivity contribution in [3.05, 3.63) is 24.3 Å². The minimum Gasteiger partial charge on any atom is -0.480 e. The van der Waals surface area contributed by atoms with Gasteiger partial charge in [0.2, 0.25) is 5.91 Å². The number of nitrogens with zero attached hydrogens (tertiary/aromatic N) is 1. The first-order chi connectivity index (χ1) is 9.09. The second-order valence-electron chi connectivity index (χ2n) is 4.44. The van der Waals surface area contributed by atoms with Gasteiger partial charge in [0.1, 0.15) is 6.54 Å². The van der Waals surface area contributed by atoms with Gasteiger partial charge < -0.3 is 10.8 Å². The molecule has 6 heteroatoms. The standard InChI is InChI=1S/C13H16N2O3S/c14-10-3-1-2-4-11(10)15(7-12(16)17)13(18)9-5-6-19-8-9/h1-4,9H,5-8,14H2,(H,16,17). The Balaban J connectivity index is 2.27. The Morgan fingerprint density at radius 2 is 2.16 bits per heavy atom. The third kappa shape index (κ3) is 3.20. The summed E-state index contributed by atoms with van der Waals surface area (Å²) < 4.78 is 0. The zero-order valence-corrected chi connectivity index (χ0v) is 11.2. The summed E-state index contributed by atoms with van der Waals surface area (Å²) in [5.74, 6) is 0.403. The van der Waals surface area contributed by atoms with Gasteiger partial charge in [-0.1, -0.05) is 12.1 Å². The van der Waals surface area contributed by atoms with Crippen LogP contribution in [0.2, 0.25) is 0 Å². The van der Waals surface area contributed by atoms with Crippen molar-refractivity contribution in [1.82, 2.24) is 0 Å². The van der Waals surface area contributed by atoms with E-state index in [-0.39, 0.29) is 18.4 Å². The van der Waals surface area contributed by atoms with Crippen molar-refractivity contribution >= 4 is 35.0 Å². The normalized spacial score (nSPS) is 18.2. The molecule has 1 aliphatic rings. The van der Waals surface area contributed by atoms with Crippen molar-refractivity contribution in [2.75, 3.05) is 28.7 Å². The number of aliphatic carboxylic acids is 1. The molecule has 1 aliphatic heterocycles. The molecule has 102 valence electrons. The summed E-state index contributed by atoms with van der Waals surface area (Å²) in [6.07, 6.45) is 0.798. The van der Waals surface area contributed by atoms with Crippen molar-refractivity contribution in [3.8, 4) is 0 Å². The first-order valence-corrected chi connectivity index (χ1v) is 7.20. The fourth-order valence-electron chi connectivity index (χ4n) is 2.10. The summed E-state index contributed by atoms with van der Waals surface area (Å²) in [5.41, 5.74) is 6.74. The molecule has 1 aromatic carbocycles. The summed E-state index contributed by atoms with van der Waals surface area (Å²) in [6.45, 7) is -0.353. The second kappa shape index (κ2) is 5.97. The molecule has 2 rings (SSSR count). The lowest BCUT2D eigenvalue weighted by molar-refractivity contribution is -0.137. The summed E-state index contributed by atoms with van der Waals surface area (Å²) in [5, 5.41) is 8.99. The molecular formula is C13H16N2O3S. The number of thioether (sulfide) groups is 1. The van der Waals surface area contributed by atoms with Crippen LogP contribution in [0.1, 0.15) is 6.42 Å². The quantitative estimate of drug-likeness (QED) is 0.815. The largest absolute Gasteiger partial charge is 0.480 e. The number of nitrogen functional groups attached to an aromatic ring is 1. The fourth-order valence-corrected chi connectivity index (χ4v) is 3.31. The Bertz CT molecular complexity index is 487. The molecule has 0 aliphatic carbocycles. The van der Waals surface area contributed by atoms with Gasteiger partial charge >= 0.3 is 5.97 Å². The van der Waals surface area contributed by atoms with E-state index in [1.165, 1.54) is 4.90 Å². The van der Waals surface area contributed by atoms with E-state index in [0.29, 0.717) is 11.4 Å². The monoisotopic (exact) mass is 280 g/mol. The number of nitrogens with two attached hydrogens (primary N) is 1. The third-order valence-electron chi connectivity index (χ3n) is 3.07. The summed E-state index contributed by atoms with van der Waals surface area (Å²) >= 11 is 1.72. The first kappa shape index (κ1) is 13.7. The molecule has 1 fully saturated rings. The first-order valence-electron chi connectivity index (χ1n) is 6.05. The number of carboxylic acid groups (broad SMARTS) is 1. The maximum Gasteiger partial charge on any atom is 0.323 e. The molecule has 0 bridgehead atoms. The van der Waals surface area contributed by atoms with Crippen LogP contribution in [0.3, 0.4) is 0 Å². The van der Waals surface area contributed by atoms with Crippen molar-refractivity contribution in [2.45, 2.75) is 6.42 Å². The molecule has 1 heterocycles. The number of benzene rings is 1. The van der Waals surface area contributed by atoms with Crippen LogP contribution in [0, 0.1) is 5.92 Å². The van der Waals surface area contributed by atoms with E-state index in [1.807, 2.05) is 0 Å². The van der Waals surface area contributed by atoms with E-state index < -0.39 is 5.97 Å². The average molecular weight is 280 g/mol. The Morgan fingerprint density at radius 1 is 1.42 bits per heavy atom. The number of rotatable bonds is 4. The smallest absolute Gasteiger partial charge is 0.323 e. The van der Waals surface area contributed by atoms with Crippen LogP contribution in [-0.4, -0.2) is 35.0 Å². The number of amides is 1. The average Bonchev–Trinajstić information content (AvgIpc) is 2.90. The van der Waals surface area contributed by atoms with Crippen LogP contribution in [0.15, 0.2) is 24.3 Å². The Hall–Kier alpha value is -1.69. The number of para-hydroxylation sites is 2. The highest BCUT2D eigenvalue weighted by molar-refractivity contribution is 7.99. The van der Waals surface area contributed by atoms with E-state index in [9.17, 15) is 9.59 Å². The number of carbonyl (C=O) groups is 2. The summed E-state index contributed by atoms with van der Waals surface area (Å²) in [4.78, 5) is 24.7. The molecule has 0 spiro atoms. The number of carboxylic acids is 1. The van der Waals surface area contributed by atoms with Crippen LogP contribution < -0.4 is 10.6 Å². The predicted molar refractivity (Wildman–Crippen MR) is 76.3 cm³/mol. The zero-order chi connectivity index (χ0) is 13.8. The van der Waals surface area contributed by atoms with E-state index in [2.05, 4.69) is 0 Å². The van der Waals surface area contributed by atoms with Gasteiger partial charge in [0.25, 0.3) is 0 Å². The zero-order valence-electron chi connectivity index (χ0n) is 10.4. The van der Waals surface area contributed by atoms with Gasteiger partial charge in [-0.15, -0.1) is 0 Å². The molecule has 0 aromatic heterocycles. The van der Waals surface area contributed by atoms with Gasteiger partial charge in [0, 0.05) is 11.7 Å². The Labute approximate surface area is 115 Å². The Kier molecular flexibility index (Phi) is 4.31. The summed E-state index contributed by atoms with van der Waals surface area (Å²) in [6, 6.07) is 6.85. The van der Waals surface area contributed by atoms with Crippen molar-refractivity contribution in [2.24, 2.45) is 5.92 Å². The van der Waals surface area contributed by atoms with Gasteiger partial charge in [0.05, 0.1) is 11.4 Å². The molecule has 3 N–H and O–H groups in total. The molecule has 1 amide bonds. The fraction of sp³-hybridized carbons (Fsp3) is 0.385. The molecule has 0 saturated carbocycles. The van der Waals surface area contributed by atoms with Crippen LogP contribution >= 0.6 is 11.8 Å². The minimum absolute atomic E-state index is 0.107. The lowest BCUT2D eigenvalue weighted by Gasteiger charge is -2.25. The van der Waals surface area contributed by atoms with Crippen LogP contribution in [0.25, 0.3) is 0 Å². The molecule has 19 heavy (non-hydrogen) atoms. The highest BCUT2D eigenvalue weighted by atomic mass is 32.2. The SMILES string of the molecule is Nc1ccccc1N(CC(=O)O)C(=O)C1CCSC1. The highest BCUT2D eigenvalue weighted by Gasteiger charge is 2.30. The van der Waals surface area contributed by atoms with E-state index in [0.717, 1.165) is 17.9 Å². The molecular weight excluding hydrogens is 264 g/mol. The lowest BCUT2D eigenvalue weighted by atomic mass is 10.1. The van der Waals surface area contributed by atoms with E-state index in [1.54, 1.807) is 36.0 Å². The maximum absolute atomic E-state index is 12.4. The minimum atomic E-state index is -1.04. The van der Waals surface area contributed by atoms with Crippen LogP contribution in [0.5, 0.6) is 0 Å². The molecule has 1 aromatic rings. The van der Waals surface area contributed by atoms with Crippen LogP contribution in [0.4, 0.5) is 11.4 Å². The van der Waals surface area contributed by atoms with Crippen LogP contribution in [-0.2, 0) is 9.59 Å².